The molecule has 2 N–H and O–H groups in total. The van der Waals surface area contributed by atoms with Crippen LogP contribution < -0.4 is 14.8 Å². The quantitative estimate of drug-likeness (QED) is 0.640. The molecule has 118 valence electrons. The van der Waals surface area contributed by atoms with E-state index in [0.29, 0.717) is 37.6 Å². The van der Waals surface area contributed by atoms with E-state index >= 15 is 0 Å². The topological polar surface area (TPSA) is 77.0 Å². The van der Waals surface area contributed by atoms with E-state index < -0.39 is 12.1 Å². The van der Waals surface area contributed by atoms with Gasteiger partial charge in [0.15, 0.2) is 6.10 Å². The summed E-state index contributed by atoms with van der Waals surface area (Å²) >= 11 is 0. The Balaban J connectivity index is 2.83. The molecule has 1 atom stereocenters. The number of hydrogen-bond donors (Lipinski definition) is 2. The average molecular weight is 297 g/mol. The highest BCUT2D eigenvalue weighted by Gasteiger charge is 2.18. The molecule has 0 aliphatic rings. The fourth-order valence-corrected chi connectivity index (χ4v) is 1.78. The maximum atomic E-state index is 11.1. The van der Waals surface area contributed by atoms with Crippen LogP contribution in [-0.4, -0.2) is 44.6 Å². The van der Waals surface area contributed by atoms with Gasteiger partial charge in [-0.2, -0.15) is 0 Å². The average Bonchev–Trinajstić information content (AvgIpc) is 2.49. The lowest BCUT2D eigenvalue weighted by molar-refractivity contribution is -0.145. The Kier molecular flexibility index (Phi) is 7.56. The molecule has 0 heterocycles. The third-order valence-electron chi connectivity index (χ3n) is 2.99. The Morgan fingerprint density at radius 3 is 2.71 bits per heavy atom. The second-order valence-corrected chi connectivity index (χ2v) is 4.50. The highest BCUT2D eigenvalue weighted by molar-refractivity contribution is 5.72. The molecule has 0 fully saturated rings. The number of nitrogens with one attached hydrogen (secondary N) is 1. The smallest absolute Gasteiger partial charge is 0.344 e. The highest BCUT2D eigenvalue weighted by Crippen LogP contribution is 2.26. The third-order valence-corrected chi connectivity index (χ3v) is 2.99. The molecule has 21 heavy (non-hydrogen) atoms. The molecule has 1 aromatic carbocycles. The van der Waals surface area contributed by atoms with Crippen LogP contribution in [0.3, 0.4) is 0 Å². The fraction of sp³-hybridized carbons (Fsp3) is 0.533. The van der Waals surface area contributed by atoms with Crippen LogP contribution in [0, 0.1) is 0 Å². The van der Waals surface area contributed by atoms with Crippen molar-refractivity contribution in [2.45, 2.75) is 26.0 Å². The largest absolute Gasteiger partial charge is 0.497 e. The molecular weight excluding hydrogens is 274 g/mol. The lowest BCUT2D eigenvalue weighted by Crippen LogP contribution is -2.27. The Morgan fingerprint density at radius 1 is 1.38 bits per heavy atom. The first-order valence-electron chi connectivity index (χ1n) is 6.88. The van der Waals surface area contributed by atoms with Gasteiger partial charge in [-0.05, 0) is 12.5 Å². The van der Waals surface area contributed by atoms with Gasteiger partial charge in [0.2, 0.25) is 0 Å². The van der Waals surface area contributed by atoms with Gasteiger partial charge in [0, 0.05) is 31.8 Å². The maximum absolute atomic E-state index is 11.1. The molecule has 0 aromatic heterocycles. The first kappa shape index (κ1) is 17.3. The number of benzene rings is 1. The zero-order valence-electron chi connectivity index (χ0n) is 12.7. The minimum atomic E-state index is -0.974. The van der Waals surface area contributed by atoms with Crippen LogP contribution in [0.1, 0.15) is 18.9 Å². The van der Waals surface area contributed by atoms with Crippen LogP contribution in [-0.2, 0) is 16.1 Å². The number of carboxylic acids is 1. The first-order chi connectivity index (χ1) is 10.1. The third kappa shape index (κ3) is 5.61. The summed E-state index contributed by atoms with van der Waals surface area (Å²) in [6, 6.07) is 5.39. The van der Waals surface area contributed by atoms with Crippen molar-refractivity contribution >= 4 is 5.97 Å². The van der Waals surface area contributed by atoms with Crippen molar-refractivity contribution < 1.29 is 24.1 Å². The number of aliphatic carboxylic acids is 1. The maximum Gasteiger partial charge on any atom is 0.344 e. The van der Waals surface area contributed by atoms with Crippen LogP contribution in [0.25, 0.3) is 0 Å². The van der Waals surface area contributed by atoms with Crippen molar-refractivity contribution in [2.24, 2.45) is 0 Å². The molecule has 0 saturated carbocycles. The fourth-order valence-electron chi connectivity index (χ4n) is 1.78. The van der Waals surface area contributed by atoms with Gasteiger partial charge in [-0.1, -0.05) is 13.0 Å². The molecule has 0 radical (unpaired) electrons. The Hall–Kier alpha value is -1.79. The number of ether oxygens (including phenoxy) is 3. The summed E-state index contributed by atoms with van der Waals surface area (Å²) in [7, 11) is 3.20. The number of rotatable bonds is 10. The number of methoxy groups -OCH3 is 2. The Bertz CT molecular complexity index is 450. The lowest BCUT2D eigenvalue weighted by atomic mass is 10.1. The predicted molar refractivity (Wildman–Crippen MR) is 78.9 cm³/mol. The monoisotopic (exact) mass is 297 g/mol. The van der Waals surface area contributed by atoms with E-state index in [4.69, 9.17) is 19.3 Å². The zero-order valence-corrected chi connectivity index (χ0v) is 12.7. The van der Waals surface area contributed by atoms with Crippen molar-refractivity contribution in [3.63, 3.8) is 0 Å². The molecule has 0 aliphatic heterocycles. The summed E-state index contributed by atoms with van der Waals surface area (Å²) in [5.74, 6) is 0.179. The summed E-state index contributed by atoms with van der Waals surface area (Å²) in [5, 5.41) is 12.3. The van der Waals surface area contributed by atoms with Crippen molar-refractivity contribution in [1.29, 1.82) is 0 Å². The standard InChI is InChI=1S/C15H23NO5/c1-4-13(15(17)18)21-14-9-12(20-3)6-5-11(14)10-16-7-8-19-2/h5-6,9,13,16H,4,7-8,10H2,1-3H3,(H,17,18). The Labute approximate surface area is 125 Å². The molecular formula is C15H23NO5. The summed E-state index contributed by atoms with van der Waals surface area (Å²) < 4.78 is 15.7. The molecule has 6 nitrogen and oxygen atoms in total. The molecule has 6 heteroatoms. The summed E-state index contributed by atoms with van der Waals surface area (Å²) in [6.07, 6.45) is -0.474. The van der Waals surface area contributed by atoms with E-state index in [1.165, 1.54) is 0 Å². The van der Waals surface area contributed by atoms with Gasteiger partial charge in [0.1, 0.15) is 11.5 Å². The van der Waals surface area contributed by atoms with E-state index in [9.17, 15) is 4.79 Å². The normalized spacial score (nSPS) is 12.0. The van der Waals surface area contributed by atoms with Crippen molar-refractivity contribution in [2.75, 3.05) is 27.4 Å². The van der Waals surface area contributed by atoms with Gasteiger partial charge in [0.25, 0.3) is 0 Å². The van der Waals surface area contributed by atoms with Crippen molar-refractivity contribution in [3.8, 4) is 11.5 Å². The zero-order chi connectivity index (χ0) is 15.7. The van der Waals surface area contributed by atoms with Crippen LogP contribution in [0.15, 0.2) is 18.2 Å². The second kappa shape index (κ2) is 9.20. The SMILES string of the molecule is CCC(Oc1cc(OC)ccc1CNCCOC)C(=O)O. The molecule has 0 bridgehead atoms. The van der Waals surface area contributed by atoms with Crippen LogP contribution >= 0.6 is 0 Å². The number of carboxylic acid groups (broad SMARTS) is 1. The predicted octanol–water partition coefficient (Wildman–Crippen LogP) is 1.67. The highest BCUT2D eigenvalue weighted by atomic mass is 16.5. The second-order valence-electron chi connectivity index (χ2n) is 4.50. The van der Waals surface area contributed by atoms with Crippen molar-refractivity contribution in [3.05, 3.63) is 23.8 Å². The van der Waals surface area contributed by atoms with E-state index in [1.807, 2.05) is 12.1 Å². The van der Waals surface area contributed by atoms with Gasteiger partial charge >= 0.3 is 5.97 Å². The van der Waals surface area contributed by atoms with Crippen LogP contribution in [0.2, 0.25) is 0 Å². The molecule has 0 saturated heterocycles. The molecule has 0 amide bonds. The van der Waals surface area contributed by atoms with E-state index in [2.05, 4.69) is 5.32 Å². The van der Waals surface area contributed by atoms with Gasteiger partial charge in [-0.3, -0.25) is 0 Å². The molecule has 0 aliphatic carbocycles. The minimum Gasteiger partial charge on any atom is -0.497 e. The van der Waals surface area contributed by atoms with Gasteiger partial charge in [-0.25, -0.2) is 4.79 Å². The molecule has 1 rings (SSSR count). The van der Waals surface area contributed by atoms with Gasteiger partial charge in [0.05, 0.1) is 13.7 Å². The number of carbonyl (C=O) groups is 1. The van der Waals surface area contributed by atoms with Gasteiger partial charge in [-0.15, -0.1) is 0 Å². The van der Waals surface area contributed by atoms with Crippen molar-refractivity contribution in [1.82, 2.24) is 5.32 Å². The van der Waals surface area contributed by atoms with Crippen LogP contribution in [0.4, 0.5) is 0 Å². The minimum absolute atomic E-state index is 0.392. The number of hydrogen-bond acceptors (Lipinski definition) is 5. The van der Waals surface area contributed by atoms with Crippen LogP contribution in [0.5, 0.6) is 11.5 Å². The summed E-state index contributed by atoms with van der Waals surface area (Å²) in [4.78, 5) is 11.1. The van der Waals surface area contributed by atoms with E-state index in [0.717, 1.165) is 5.56 Å². The summed E-state index contributed by atoms with van der Waals surface area (Å²) in [5.41, 5.74) is 0.881. The van der Waals surface area contributed by atoms with E-state index in [-0.39, 0.29) is 0 Å². The van der Waals surface area contributed by atoms with Gasteiger partial charge < -0.3 is 24.6 Å². The first-order valence-corrected chi connectivity index (χ1v) is 6.88. The molecule has 1 aromatic rings. The Morgan fingerprint density at radius 2 is 2.14 bits per heavy atom. The lowest BCUT2D eigenvalue weighted by Gasteiger charge is -2.17. The molecule has 0 spiro atoms. The molecule has 1 unspecified atom stereocenters. The van der Waals surface area contributed by atoms with E-state index in [1.54, 1.807) is 27.2 Å². The summed E-state index contributed by atoms with van der Waals surface area (Å²) in [6.45, 7) is 3.66.